The molecule has 3 aromatic rings. The molecule has 43 heavy (non-hydrogen) atoms. The lowest BCUT2D eigenvalue weighted by Gasteiger charge is -2.32. The number of aryl methyl sites for hydroxylation is 1. The Labute approximate surface area is 262 Å². The van der Waals surface area contributed by atoms with E-state index in [0.29, 0.717) is 21.7 Å². The SMILES string of the molecule is COc1ccc(CN(C(=O)CN(c2ccc(C)cc2)S(=O)(=O)c2ccc(OC)c(Br)c2)C(C)C(=O)NC2CCCC2)cc1. The number of carbonyl (C=O) groups is 2. The summed E-state index contributed by atoms with van der Waals surface area (Å²) >= 11 is 3.37. The fourth-order valence-electron chi connectivity index (χ4n) is 5.08. The van der Waals surface area contributed by atoms with Crippen molar-refractivity contribution in [2.24, 2.45) is 0 Å². The van der Waals surface area contributed by atoms with Crippen molar-refractivity contribution in [1.29, 1.82) is 0 Å². The van der Waals surface area contributed by atoms with E-state index in [1.165, 1.54) is 24.1 Å². The minimum Gasteiger partial charge on any atom is -0.497 e. The fourth-order valence-corrected chi connectivity index (χ4v) is 7.21. The zero-order chi connectivity index (χ0) is 31.1. The van der Waals surface area contributed by atoms with Crippen molar-refractivity contribution in [3.05, 3.63) is 82.3 Å². The Morgan fingerprint density at radius 3 is 2.21 bits per heavy atom. The maximum Gasteiger partial charge on any atom is 0.264 e. The maximum atomic E-state index is 14.1. The number of ether oxygens (including phenoxy) is 2. The Bertz CT molecular complexity index is 1520. The first-order valence-corrected chi connectivity index (χ1v) is 16.4. The van der Waals surface area contributed by atoms with E-state index in [1.807, 2.05) is 19.1 Å². The van der Waals surface area contributed by atoms with Crippen LogP contribution in [0.2, 0.25) is 0 Å². The molecule has 9 nitrogen and oxygen atoms in total. The molecule has 230 valence electrons. The average Bonchev–Trinajstić information content (AvgIpc) is 3.52. The summed E-state index contributed by atoms with van der Waals surface area (Å²) in [6, 6.07) is 17.8. The third kappa shape index (κ3) is 7.88. The number of benzene rings is 3. The number of methoxy groups -OCH3 is 2. The number of rotatable bonds is 12. The lowest BCUT2D eigenvalue weighted by atomic mass is 10.1. The number of nitrogens with one attached hydrogen (secondary N) is 1. The lowest BCUT2D eigenvalue weighted by Crippen LogP contribution is -2.52. The Morgan fingerprint density at radius 1 is 0.977 bits per heavy atom. The van der Waals surface area contributed by atoms with Crippen LogP contribution in [0, 0.1) is 6.92 Å². The summed E-state index contributed by atoms with van der Waals surface area (Å²) in [5, 5.41) is 3.08. The number of carbonyl (C=O) groups excluding carboxylic acids is 2. The third-order valence-electron chi connectivity index (χ3n) is 7.69. The molecule has 0 spiro atoms. The zero-order valence-corrected chi connectivity index (χ0v) is 27.3. The number of anilines is 1. The summed E-state index contributed by atoms with van der Waals surface area (Å²) < 4.78 is 40.3. The summed E-state index contributed by atoms with van der Waals surface area (Å²) in [4.78, 5) is 28.9. The van der Waals surface area contributed by atoms with Gasteiger partial charge in [0.15, 0.2) is 0 Å². The molecule has 1 aliphatic carbocycles. The fraction of sp³-hybridized carbons (Fsp3) is 0.375. The van der Waals surface area contributed by atoms with Gasteiger partial charge in [-0.2, -0.15) is 0 Å². The summed E-state index contributed by atoms with van der Waals surface area (Å²) in [6.45, 7) is 3.18. The molecule has 0 aliphatic heterocycles. The van der Waals surface area contributed by atoms with Crippen molar-refractivity contribution in [1.82, 2.24) is 10.2 Å². The van der Waals surface area contributed by atoms with Crippen LogP contribution in [0.25, 0.3) is 0 Å². The molecular formula is C32H38BrN3O6S. The summed E-state index contributed by atoms with van der Waals surface area (Å²) in [5.74, 6) is 0.361. The van der Waals surface area contributed by atoms with Gasteiger partial charge in [-0.25, -0.2) is 8.42 Å². The molecular weight excluding hydrogens is 634 g/mol. The predicted octanol–water partition coefficient (Wildman–Crippen LogP) is 5.45. The van der Waals surface area contributed by atoms with E-state index in [4.69, 9.17) is 9.47 Å². The maximum absolute atomic E-state index is 14.1. The number of hydrogen-bond acceptors (Lipinski definition) is 6. The van der Waals surface area contributed by atoms with E-state index in [-0.39, 0.29) is 23.4 Å². The Hall–Kier alpha value is -3.57. The van der Waals surface area contributed by atoms with Crippen molar-refractivity contribution >= 4 is 43.5 Å². The van der Waals surface area contributed by atoms with Crippen LogP contribution in [0.4, 0.5) is 5.69 Å². The van der Waals surface area contributed by atoms with Crippen molar-refractivity contribution < 1.29 is 27.5 Å². The van der Waals surface area contributed by atoms with E-state index in [1.54, 1.807) is 56.5 Å². The number of halogens is 1. The highest BCUT2D eigenvalue weighted by atomic mass is 79.9. The number of sulfonamides is 1. The molecule has 2 amide bonds. The predicted molar refractivity (Wildman–Crippen MR) is 170 cm³/mol. The largest absolute Gasteiger partial charge is 0.497 e. The Balaban J connectivity index is 1.69. The molecule has 4 rings (SSSR count). The second-order valence-corrected chi connectivity index (χ2v) is 13.4. The van der Waals surface area contributed by atoms with E-state index >= 15 is 0 Å². The van der Waals surface area contributed by atoms with E-state index in [2.05, 4.69) is 21.2 Å². The Morgan fingerprint density at radius 2 is 1.63 bits per heavy atom. The molecule has 0 bridgehead atoms. The van der Waals surface area contributed by atoms with Gasteiger partial charge in [0, 0.05) is 12.6 Å². The number of hydrogen-bond donors (Lipinski definition) is 1. The summed E-state index contributed by atoms with van der Waals surface area (Å²) in [7, 11) is -1.14. The van der Waals surface area contributed by atoms with Gasteiger partial charge >= 0.3 is 0 Å². The van der Waals surface area contributed by atoms with E-state index < -0.39 is 28.5 Å². The molecule has 3 aromatic carbocycles. The zero-order valence-electron chi connectivity index (χ0n) is 24.9. The van der Waals surface area contributed by atoms with Crippen LogP contribution in [-0.4, -0.2) is 58.0 Å². The van der Waals surface area contributed by atoms with E-state index in [0.717, 1.165) is 41.1 Å². The molecule has 0 saturated heterocycles. The van der Waals surface area contributed by atoms with Crippen LogP contribution in [0.5, 0.6) is 11.5 Å². The Kier molecular flexibility index (Phi) is 10.7. The minimum atomic E-state index is -4.21. The number of nitrogens with zero attached hydrogens (tertiary/aromatic N) is 2. The van der Waals surface area contributed by atoms with Crippen LogP contribution in [0.1, 0.15) is 43.7 Å². The summed E-state index contributed by atoms with van der Waals surface area (Å²) in [5.41, 5.74) is 2.05. The average molecular weight is 673 g/mol. The van der Waals surface area contributed by atoms with Crippen LogP contribution >= 0.6 is 15.9 Å². The molecule has 0 radical (unpaired) electrons. The molecule has 1 atom stereocenters. The second kappa shape index (κ2) is 14.3. The first-order valence-electron chi connectivity index (χ1n) is 14.2. The molecule has 11 heteroatoms. The van der Waals surface area contributed by atoms with Gasteiger partial charge in [0.2, 0.25) is 11.8 Å². The quantitative estimate of drug-likeness (QED) is 0.275. The first-order chi connectivity index (χ1) is 20.5. The molecule has 0 aromatic heterocycles. The topological polar surface area (TPSA) is 105 Å². The van der Waals surface area contributed by atoms with Crippen molar-refractivity contribution in [3.63, 3.8) is 0 Å². The number of amides is 2. The van der Waals surface area contributed by atoms with E-state index in [9.17, 15) is 18.0 Å². The van der Waals surface area contributed by atoms with Crippen LogP contribution in [0.15, 0.2) is 76.1 Å². The molecule has 1 fully saturated rings. The van der Waals surface area contributed by atoms with Gasteiger partial charge in [0.25, 0.3) is 10.0 Å². The molecule has 0 heterocycles. The van der Waals surface area contributed by atoms with Crippen molar-refractivity contribution in [3.8, 4) is 11.5 Å². The molecule has 1 aliphatic rings. The van der Waals surface area contributed by atoms with Crippen molar-refractivity contribution in [2.75, 3.05) is 25.1 Å². The minimum absolute atomic E-state index is 0.0118. The van der Waals surface area contributed by atoms with Crippen LogP contribution < -0.4 is 19.1 Å². The third-order valence-corrected chi connectivity index (χ3v) is 10.1. The molecule has 1 unspecified atom stereocenters. The highest BCUT2D eigenvalue weighted by molar-refractivity contribution is 9.10. The van der Waals surface area contributed by atoms with Crippen LogP contribution in [0.3, 0.4) is 0 Å². The summed E-state index contributed by atoms with van der Waals surface area (Å²) in [6.07, 6.45) is 3.92. The van der Waals surface area contributed by atoms with Gasteiger partial charge in [0.1, 0.15) is 24.1 Å². The van der Waals surface area contributed by atoms with Gasteiger partial charge < -0.3 is 19.7 Å². The van der Waals surface area contributed by atoms with Gasteiger partial charge in [-0.3, -0.25) is 13.9 Å². The normalized spacial score (nSPS) is 14.2. The van der Waals surface area contributed by atoms with Gasteiger partial charge in [-0.1, -0.05) is 42.7 Å². The molecule has 1 saturated carbocycles. The smallest absolute Gasteiger partial charge is 0.264 e. The van der Waals surface area contributed by atoms with Crippen LogP contribution in [-0.2, 0) is 26.2 Å². The second-order valence-electron chi connectivity index (χ2n) is 10.7. The van der Waals surface area contributed by atoms with Gasteiger partial charge in [-0.15, -0.1) is 0 Å². The van der Waals surface area contributed by atoms with Crippen molar-refractivity contribution in [2.45, 2.75) is 63.1 Å². The van der Waals surface area contributed by atoms with Gasteiger partial charge in [-0.05, 0) is 90.6 Å². The highest BCUT2D eigenvalue weighted by Gasteiger charge is 2.33. The standard InChI is InChI=1S/C32H38BrN3O6S/c1-22-9-13-26(14-10-22)36(43(39,40)28-17-18-30(42-4)29(33)19-28)21-31(37)35(20-24-11-15-27(41-3)16-12-24)23(2)32(38)34-25-7-5-6-8-25/h9-19,23,25H,5-8,20-21H2,1-4H3,(H,34,38). The lowest BCUT2D eigenvalue weighted by molar-refractivity contribution is -0.139. The monoisotopic (exact) mass is 671 g/mol. The first kappa shape index (κ1) is 32.3. The highest BCUT2D eigenvalue weighted by Crippen LogP contribution is 2.31. The molecule has 1 N–H and O–H groups in total. The van der Waals surface area contributed by atoms with Gasteiger partial charge in [0.05, 0.1) is 29.3 Å².